The third kappa shape index (κ3) is 4.29. The number of hydrogen-bond donors (Lipinski definition) is 1. The summed E-state index contributed by atoms with van der Waals surface area (Å²) in [6.07, 6.45) is -4.78. The first-order valence-electron chi connectivity index (χ1n) is 6.31. The van der Waals surface area contributed by atoms with Crippen molar-refractivity contribution in [3.05, 3.63) is 47.5 Å². The Hall–Kier alpha value is -2.90. The van der Waals surface area contributed by atoms with Gasteiger partial charge in [-0.3, -0.25) is 0 Å². The van der Waals surface area contributed by atoms with Crippen LogP contribution in [0.4, 0.5) is 18.9 Å². The Morgan fingerprint density at radius 3 is 2.22 bits per heavy atom. The van der Waals surface area contributed by atoms with Gasteiger partial charge in [0.25, 0.3) is 0 Å². The standard InChI is InChI=1S/C15H12F3NO4/c1-8-6-12(19)11(14(20)21)7-13(8)22-9-2-4-10(5-3-9)23-15(16,17)18/h2-7H,19H2,1H3,(H,20,21)/p-1. The van der Waals surface area contributed by atoms with E-state index in [1.54, 1.807) is 6.92 Å². The number of hydrogen-bond acceptors (Lipinski definition) is 5. The summed E-state index contributed by atoms with van der Waals surface area (Å²) in [6, 6.07) is 7.27. The minimum absolute atomic E-state index is 0.0313. The van der Waals surface area contributed by atoms with Gasteiger partial charge < -0.3 is 25.1 Å². The highest BCUT2D eigenvalue weighted by molar-refractivity contribution is 5.93. The van der Waals surface area contributed by atoms with Crippen LogP contribution < -0.4 is 20.3 Å². The Kier molecular flexibility index (Phi) is 4.35. The van der Waals surface area contributed by atoms with Crippen molar-refractivity contribution in [1.29, 1.82) is 0 Å². The number of benzene rings is 2. The van der Waals surface area contributed by atoms with E-state index in [-0.39, 0.29) is 22.7 Å². The van der Waals surface area contributed by atoms with Crippen LogP contribution in [0.1, 0.15) is 15.9 Å². The maximum Gasteiger partial charge on any atom is 0.573 e. The summed E-state index contributed by atoms with van der Waals surface area (Å²) in [5.74, 6) is -1.45. The molecule has 0 spiro atoms. The van der Waals surface area contributed by atoms with E-state index in [4.69, 9.17) is 10.5 Å². The number of carbonyl (C=O) groups is 1. The van der Waals surface area contributed by atoms with Crippen molar-refractivity contribution in [2.75, 3.05) is 5.73 Å². The van der Waals surface area contributed by atoms with Crippen molar-refractivity contribution in [3.63, 3.8) is 0 Å². The van der Waals surface area contributed by atoms with Crippen LogP contribution in [0.2, 0.25) is 0 Å². The van der Waals surface area contributed by atoms with Crippen molar-refractivity contribution < 1.29 is 32.5 Å². The van der Waals surface area contributed by atoms with Crippen molar-refractivity contribution in [1.82, 2.24) is 0 Å². The second-order valence-corrected chi connectivity index (χ2v) is 4.61. The molecule has 5 nitrogen and oxygen atoms in total. The molecule has 0 aliphatic rings. The summed E-state index contributed by atoms with van der Waals surface area (Å²) in [5.41, 5.74) is 5.92. The highest BCUT2D eigenvalue weighted by atomic mass is 19.4. The van der Waals surface area contributed by atoms with Crippen molar-refractivity contribution >= 4 is 11.7 Å². The maximum atomic E-state index is 12.1. The van der Waals surface area contributed by atoms with Crippen LogP contribution in [0.25, 0.3) is 0 Å². The van der Waals surface area contributed by atoms with Crippen molar-refractivity contribution in [2.45, 2.75) is 13.3 Å². The Morgan fingerprint density at radius 2 is 1.70 bits per heavy atom. The molecular weight excluding hydrogens is 315 g/mol. The number of aryl methyl sites for hydroxylation is 1. The van der Waals surface area contributed by atoms with E-state index >= 15 is 0 Å². The summed E-state index contributed by atoms with van der Waals surface area (Å²) < 4.78 is 45.4. The molecule has 0 atom stereocenters. The monoisotopic (exact) mass is 326 g/mol. The number of alkyl halides is 3. The minimum atomic E-state index is -4.78. The second kappa shape index (κ2) is 6.07. The normalized spacial score (nSPS) is 11.1. The van der Waals surface area contributed by atoms with E-state index in [2.05, 4.69) is 4.74 Å². The van der Waals surface area contributed by atoms with Crippen LogP contribution >= 0.6 is 0 Å². The zero-order chi connectivity index (χ0) is 17.2. The number of ether oxygens (including phenoxy) is 2. The third-order valence-electron chi connectivity index (χ3n) is 2.85. The molecule has 2 aromatic rings. The van der Waals surface area contributed by atoms with Crippen molar-refractivity contribution in [3.8, 4) is 17.2 Å². The number of rotatable bonds is 4. The summed E-state index contributed by atoms with van der Waals surface area (Å²) in [6.45, 7) is 1.64. The molecule has 0 bridgehead atoms. The lowest BCUT2D eigenvalue weighted by molar-refractivity contribution is -0.274. The summed E-state index contributed by atoms with van der Waals surface area (Å²) in [5, 5.41) is 10.9. The Labute approximate surface area is 129 Å². The Balaban J connectivity index is 2.22. The number of aromatic carboxylic acids is 1. The predicted octanol–water partition coefficient (Wildman–Crippen LogP) is 2.63. The number of halogens is 3. The lowest BCUT2D eigenvalue weighted by atomic mass is 10.1. The van der Waals surface area contributed by atoms with Crippen LogP contribution in [0.5, 0.6) is 17.2 Å². The van der Waals surface area contributed by atoms with E-state index in [1.165, 1.54) is 24.3 Å². The molecule has 0 radical (unpaired) electrons. The molecule has 23 heavy (non-hydrogen) atoms. The van der Waals surface area contributed by atoms with Gasteiger partial charge in [-0.05, 0) is 48.9 Å². The largest absolute Gasteiger partial charge is 0.573 e. The highest BCUT2D eigenvalue weighted by Crippen LogP contribution is 2.31. The van der Waals surface area contributed by atoms with E-state index < -0.39 is 18.1 Å². The second-order valence-electron chi connectivity index (χ2n) is 4.61. The molecule has 0 saturated heterocycles. The van der Waals surface area contributed by atoms with Gasteiger partial charge in [0.1, 0.15) is 17.2 Å². The number of carbonyl (C=O) groups excluding carboxylic acids is 1. The molecule has 8 heteroatoms. The summed E-state index contributed by atoms with van der Waals surface area (Å²) in [4.78, 5) is 10.9. The van der Waals surface area contributed by atoms with Gasteiger partial charge in [0.05, 0.1) is 5.97 Å². The molecular formula is C15H11F3NO4-. The van der Waals surface area contributed by atoms with Crippen LogP contribution in [0, 0.1) is 6.92 Å². The number of nitrogens with two attached hydrogens (primary N) is 1. The van der Waals surface area contributed by atoms with Gasteiger partial charge in [0.2, 0.25) is 0 Å². The molecule has 0 fully saturated rings. The highest BCUT2D eigenvalue weighted by Gasteiger charge is 2.30. The maximum absolute atomic E-state index is 12.1. The summed E-state index contributed by atoms with van der Waals surface area (Å²) >= 11 is 0. The molecule has 0 amide bonds. The van der Waals surface area contributed by atoms with Gasteiger partial charge in [0, 0.05) is 11.3 Å². The van der Waals surface area contributed by atoms with E-state index in [1.807, 2.05) is 0 Å². The number of nitrogen functional groups attached to an aromatic ring is 1. The fraction of sp³-hybridized carbons (Fsp3) is 0.133. The average Bonchev–Trinajstić information content (AvgIpc) is 2.41. The van der Waals surface area contributed by atoms with Crippen LogP contribution in [-0.4, -0.2) is 12.3 Å². The molecule has 0 saturated carbocycles. The van der Waals surface area contributed by atoms with Crippen LogP contribution in [-0.2, 0) is 0 Å². The first-order valence-corrected chi connectivity index (χ1v) is 6.31. The number of anilines is 1. The first kappa shape index (κ1) is 16.5. The molecule has 0 unspecified atom stereocenters. The average molecular weight is 326 g/mol. The zero-order valence-electron chi connectivity index (χ0n) is 11.8. The van der Waals surface area contributed by atoms with Crippen molar-refractivity contribution in [2.24, 2.45) is 0 Å². The van der Waals surface area contributed by atoms with Gasteiger partial charge in [0.15, 0.2) is 0 Å². The predicted molar refractivity (Wildman–Crippen MR) is 73.1 cm³/mol. The fourth-order valence-electron chi connectivity index (χ4n) is 1.83. The molecule has 122 valence electrons. The summed E-state index contributed by atoms with van der Waals surface area (Å²) in [7, 11) is 0. The van der Waals surface area contributed by atoms with Crippen LogP contribution in [0.15, 0.2) is 36.4 Å². The number of carboxylic acid groups (broad SMARTS) is 1. The number of carboxylic acids is 1. The van der Waals surface area contributed by atoms with E-state index in [9.17, 15) is 23.1 Å². The van der Waals surface area contributed by atoms with Crippen LogP contribution in [0.3, 0.4) is 0 Å². The lowest BCUT2D eigenvalue weighted by Gasteiger charge is -2.14. The van der Waals surface area contributed by atoms with E-state index in [0.717, 1.165) is 12.1 Å². The van der Waals surface area contributed by atoms with E-state index in [0.29, 0.717) is 5.56 Å². The SMILES string of the molecule is Cc1cc(N)c(C(=O)[O-])cc1Oc1ccc(OC(F)(F)F)cc1. The quantitative estimate of drug-likeness (QED) is 0.873. The molecule has 2 rings (SSSR count). The smallest absolute Gasteiger partial charge is 0.545 e. The molecule has 0 heterocycles. The third-order valence-corrected chi connectivity index (χ3v) is 2.85. The zero-order valence-corrected chi connectivity index (χ0v) is 11.8. The van der Waals surface area contributed by atoms with Gasteiger partial charge in [-0.1, -0.05) is 0 Å². The van der Waals surface area contributed by atoms with Gasteiger partial charge in [-0.15, -0.1) is 13.2 Å². The van der Waals surface area contributed by atoms with Gasteiger partial charge in [-0.2, -0.15) is 0 Å². The van der Waals surface area contributed by atoms with Gasteiger partial charge in [-0.25, -0.2) is 0 Å². The fourth-order valence-corrected chi connectivity index (χ4v) is 1.83. The van der Waals surface area contributed by atoms with Gasteiger partial charge >= 0.3 is 6.36 Å². The Bertz CT molecular complexity index is 727. The first-order chi connectivity index (χ1) is 10.7. The molecule has 0 aliphatic heterocycles. The topological polar surface area (TPSA) is 84.6 Å². The lowest BCUT2D eigenvalue weighted by Crippen LogP contribution is -2.23. The minimum Gasteiger partial charge on any atom is -0.545 e. The Morgan fingerprint density at radius 1 is 1.13 bits per heavy atom. The molecule has 2 aromatic carbocycles. The molecule has 0 aromatic heterocycles. The molecule has 2 N–H and O–H groups in total. The molecule has 0 aliphatic carbocycles.